The maximum Gasteiger partial charge on any atom is 0.408 e. The van der Waals surface area contributed by atoms with Crippen molar-refractivity contribution in [2.45, 2.75) is 46.3 Å². The smallest absolute Gasteiger partial charge is 0.408 e. The van der Waals surface area contributed by atoms with Gasteiger partial charge in [-0.15, -0.1) is 0 Å². The molecule has 0 aliphatic carbocycles. The van der Waals surface area contributed by atoms with Crippen molar-refractivity contribution in [3.63, 3.8) is 0 Å². The van der Waals surface area contributed by atoms with Gasteiger partial charge in [0.1, 0.15) is 31.3 Å². The number of hydrogen-bond donors (Lipinski definition) is 2. The van der Waals surface area contributed by atoms with Gasteiger partial charge in [0, 0.05) is 0 Å². The third-order valence-electron chi connectivity index (χ3n) is 4.10. The minimum absolute atomic E-state index is 0.401. The molecule has 1 atom stereocenters. The SMILES string of the molecule is COC(=O)CNC(=O)C(c1cc(C)cc(C)c1)N(CC#N)C(=O)CNC(=O)OC(C)(C)C. The van der Waals surface area contributed by atoms with E-state index in [9.17, 15) is 24.4 Å². The lowest BCUT2D eigenvalue weighted by Crippen LogP contribution is -2.48. The van der Waals surface area contributed by atoms with Crippen molar-refractivity contribution in [1.82, 2.24) is 15.5 Å². The van der Waals surface area contributed by atoms with E-state index in [0.29, 0.717) is 5.56 Å². The fourth-order valence-electron chi connectivity index (χ4n) is 2.93. The average molecular weight is 447 g/mol. The van der Waals surface area contributed by atoms with Gasteiger partial charge in [-0.1, -0.05) is 29.3 Å². The molecule has 0 saturated heterocycles. The summed E-state index contributed by atoms with van der Waals surface area (Å²) < 4.78 is 9.65. The third kappa shape index (κ3) is 8.63. The number of nitrogens with zero attached hydrogens (tertiary/aromatic N) is 2. The zero-order valence-corrected chi connectivity index (χ0v) is 19.3. The van der Waals surface area contributed by atoms with E-state index < -0.39 is 55.2 Å². The van der Waals surface area contributed by atoms with Gasteiger partial charge in [-0.05, 0) is 40.2 Å². The van der Waals surface area contributed by atoms with Crippen LogP contribution in [0.2, 0.25) is 0 Å². The fraction of sp³-hybridized carbons (Fsp3) is 0.500. The van der Waals surface area contributed by atoms with E-state index in [1.165, 1.54) is 7.11 Å². The monoisotopic (exact) mass is 446 g/mol. The Morgan fingerprint density at radius 1 is 1.06 bits per heavy atom. The first-order valence-corrected chi connectivity index (χ1v) is 9.94. The van der Waals surface area contributed by atoms with Crippen LogP contribution in [-0.4, -0.2) is 61.1 Å². The molecule has 0 aromatic heterocycles. The molecule has 0 saturated carbocycles. The van der Waals surface area contributed by atoms with Crippen LogP contribution in [0.1, 0.15) is 43.5 Å². The maximum absolute atomic E-state index is 13.0. The molecule has 2 N–H and O–H groups in total. The summed E-state index contributed by atoms with van der Waals surface area (Å²) in [6.45, 7) is 7.40. The van der Waals surface area contributed by atoms with Crippen molar-refractivity contribution in [2.24, 2.45) is 0 Å². The first-order valence-electron chi connectivity index (χ1n) is 9.94. The van der Waals surface area contributed by atoms with Crippen molar-refractivity contribution >= 4 is 23.9 Å². The average Bonchev–Trinajstić information content (AvgIpc) is 2.67. The van der Waals surface area contributed by atoms with Gasteiger partial charge in [0.25, 0.3) is 0 Å². The number of rotatable bonds is 8. The molecule has 10 nitrogen and oxygen atoms in total. The third-order valence-corrected chi connectivity index (χ3v) is 4.10. The molecule has 0 heterocycles. The number of carbonyl (C=O) groups excluding carboxylic acids is 4. The van der Waals surface area contributed by atoms with Crippen molar-refractivity contribution in [2.75, 3.05) is 26.7 Å². The number of nitriles is 1. The van der Waals surface area contributed by atoms with Gasteiger partial charge < -0.3 is 25.0 Å². The second-order valence-corrected chi connectivity index (χ2v) is 8.15. The highest BCUT2D eigenvalue weighted by Crippen LogP contribution is 2.24. The number of ether oxygens (including phenoxy) is 2. The van der Waals surface area contributed by atoms with Crippen molar-refractivity contribution in [3.05, 3.63) is 34.9 Å². The summed E-state index contributed by atoms with van der Waals surface area (Å²) in [5.74, 6) is -2.00. The molecular weight excluding hydrogens is 416 g/mol. The van der Waals surface area contributed by atoms with Gasteiger partial charge in [0.15, 0.2) is 0 Å². The van der Waals surface area contributed by atoms with E-state index >= 15 is 0 Å². The summed E-state index contributed by atoms with van der Waals surface area (Å²) in [6, 6.07) is 6.00. The Labute approximate surface area is 187 Å². The molecule has 174 valence electrons. The number of esters is 1. The topological polar surface area (TPSA) is 138 Å². The van der Waals surface area contributed by atoms with E-state index in [1.54, 1.807) is 32.9 Å². The molecule has 1 aromatic carbocycles. The van der Waals surface area contributed by atoms with Gasteiger partial charge in [-0.3, -0.25) is 14.4 Å². The quantitative estimate of drug-likeness (QED) is 0.456. The van der Waals surface area contributed by atoms with Crippen molar-refractivity contribution in [1.29, 1.82) is 5.26 Å². The number of alkyl carbamates (subject to hydrolysis) is 1. The van der Waals surface area contributed by atoms with Crippen LogP contribution < -0.4 is 10.6 Å². The number of nitrogens with one attached hydrogen (secondary N) is 2. The number of hydrogen-bond acceptors (Lipinski definition) is 7. The number of amides is 3. The molecule has 32 heavy (non-hydrogen) atoms. The molecule has 0 aliphatic rings. The number of methoxy groups -OCH3 is 1. The lowest BCUT2D eigenvalue weighted by molar-refractivity contribution is -0.143. The van der Waals surface area contributed by atoms with Crippen LogP contribution in [0.3, 0.4) is 0 Å². The summed E-state index contributed by atoms with van der Waals surface area (Å²) in [5.41, 5.74) is 1.41. The van der Waals surface area contributed by atoms with Crippen LogP contribution in [0, 0.1) is 25.2 Å². The lowest BCUT2D eigenvalue weighted by Gasteiger charge is -2.30. The van der Waals surface area contributed by atoms with E-state index in [-0.39, 0.29) is 0 Å². The summed E-state index contributed by atoms with van der Waals surface area (Å²) >= 11 is 0. The molecule has 0 fully saturated rings. The highest BCUT2D eigenvalue weighted by molar-refractivity contribution is 5.92. The van der Waals surface area contributed by atoms with E-state index in [1.807, 2.05) is 26.0 Å². The highest BCUT2D eigenvalue weighted by Gasteiger charge is 2.32. The van der Waals surface area contributed by atoms with Crippen LogP contribution in [0.4, 0.5) is 4.79 Å². The molecule has 3 amide bonds. The molecule has 10 heteroatoms. The fourth-order valence-corrected chi connectivity index (χ4v) is 2.93. The Morgan fingerprint density at radius 3 is 2.16 bits per heavy atom. The van der Waals surface area contributed by atoms with Crippen LogP contribution in [0.5, 0.6) is 0 Å². The minimum Gasteiger partial charge on any atom is -0.468 e. The van der Waals surface area contributed by atoms with Gasteiger partial charge in [0.05, 0.1) is 13.2 Å². The van der Waals surface area contributed by atoms with E-state index in [4.69, 9.17) is 4.74 Å². The second kappa shape index (κ2) is 11.7. The standard InChI is InChI=1S/C22H30N4O6/c1-14-9-15(2)11-16(10-14)19(20(29)24-13-18(28)31-6)26(8-7-23)17(27)12-25-21(30)32-22(3,4)5/h9-11,19H,8,12-13H2,1-6H3,(H,24,29)(H,25,30). The molecule has 1 rings (SSSR count). The Bertz CT molecular complexity index is 880. The molecule has 0 bridgehead atoms. The summed E-state index contributed by atoms with van der Waals surface area (Å²) in [4.78, 5) is 50.3. The predicted octanol–water partition coefficient (Wildman–Crippen LogP) is 1.51. The van der Waals surface area contributed by atoms with Gasteiger partial charge in [-0.25, -0.2) is 4.79 Å². The minimum atomic E-state index is -1.20. The first-order chi connectivity index (χ1) is 14.9. The van der Waals surface area contributed by atoms with E-state index in [0.717, 1.165) is 16.0 Å². The molecule has 0 radical (unpaired) electrons. The summed E-state index contributed by atoms with van der Waals surface area (Å²) in [5, 5.41) is 14.1. The molecule has 0 spiro atoms. The highest BCUT2D eigenvalue weighted by atomic mass is 16.6. The molecular formula is C22H30N4O6. The summed E-state index contributed by atoms with van der Waals surface area (Å²) in [7, 11) is 1.18. The Morgan fingerprint density at radius 2 is 1.66 bits per heavy atom. The Hall–Kier alpha value is -3.61. The zero-order valence-electron chi connectivity index (χ0n) is 19.3. The normalized spacial score (nSPS) is 11.5. The van der Waals surface area contributed by atoms with Crippen molar-refractivity contribution < 1.29 is 28.7 Å². The largest absolute Gasteiger partial charge is 0.468 e. The molecule has 1 unspecified atom stereocenters. The maximum atomic E-state index is 13.0. The zero-order chi connectivity index (χ0) is 24.5. The van der Waals surface area contributed by atoms with Gasteiger partial charge >= 0.3 is 12.1 Å². The second-order valence-electron chi connectivity index (χ2n) is 8.15. The van der Waals surface area contributed by atoms with Crippen molar-refractivity contribution in [3.8, 4) is 6.07 Å². The summed E-state index contributed by atoms with van der Waals surface area (Å²) in [6.07, 6.45) is -0.805. The van der Waals surface area contributed by atoms with Crippen LogP contribution >= 0.6 is 0 Å². The number of aryl methyl sites for hydroxylation is 2. The van der Waals surface area contributed by atoms with Crippen LogP contribution in [0.25, 0.3) is 0 Å². The number of carbonyl (C=O) groups is 4. The lowest BCUT2D eigenvalue weighted by atomic mass is 9.99. The predicted molar refractivity (Wildman–Crippen MR) is 115 cm³/mol. The van der Waals surface area contributed by atoms with Crippen LogP contribution in [0.15, 0.2) is 18.2 Å². The molecule has 0 aliphatic heterocycles. The Kier molecular flexibility index (Phi) is 9.66. The van der Waals surface area contributed by atoms with Gasteiger partial charge in [0.2, 0.25) is 11.8 Å². The van der Waals surface area contributed by atoms with Crippen LogP contribution in [-0.2, 0) is 23.9 Å². The van der Waals surface area contributed by atoms with Gasteiger partial charge in [-0.2, -0.15) is 5.26 Å². The Balaban J connectivity index is 3.21. The number of benzene rings is 1. The van der Waals surface area contributed by atoms with E-state index in [2.05, 4.69) is 15.4 Å². The first kappa shape index (κ1) is 26.4. The molecule has 1 aromatic rings.